The van der Waals surface area contributed by atoms with E-state index in [9.17, 15) is 9.59 Å². The number of urea groups is 1. The van der Waals surface area contributed by atoms with Gasteiger partial charge in [-0.15, -0.1) is 0 Å². The summed E-state index contributed by atoms with van der Waals surface area (Å²) in [6.45, 7) is 4.41. The standard InChI is InChI=1S/C26H33N3O2/c1-13-4-6-15(7-5-13)28-26(31)27-11-14-3-2-8-29(12-14)25(30)24-21-17-10-18-20-16(17)9-19(21)22(20)23(18)24/h4-7,14,16-24H,2-3,8-12H2,1H3,(H2,27,28,31). The number of carbonyl (C=O) groups excluding carboxylic acids is 2. The van der Waals surface area contributed by atoms with Gasteiger partial charge in [0.05, 0.1) is 0 Å². The van der Waals surface area contributed by atoms with Crippen molar-refractivity contribution in [3.8, 4) is 0 Å². The van der Waals surface area contributed by atoms with Crippen molar-refractivity contribution in [3.63, 3.8) is 0 Å². The lowest BCUT2D eigenvalue weighted by molar-refractivity contribution is -0.145. The number of rotatable bonds is 4. The van der Waals surface area contributed by atoms with E-state index in [1.165, 1.54) is 18.4 Å². The highest BCUT2D eigenvalue weighted by Crippen LogP contribution is 2.84. The maximum atomic E-state index is 13.7. The van der Waals surface area contributed by atoms with E-state index < -0.39 is 0 Å². The highest BCUT2D eigenvalue weighted by Gasteiger charge is 2.81. The van der Waals surface area contributed by atoms with E-state index >= 15 is 0 Å². The fourth-order valence-corrected chi connectivity index (χ4v) is 9.49. The smallest absolute Gasteiger partial charge is 0.319 e. The minimum Gasteiger partial charge on any atom is -0.342 e. The second kappa shape index (κ2) is 6.49. The van der Waals surface area contributed by atoms with Crippen LogP contribution in [-0.4, -0.2) is 36.5 Å². The van der Waals surface area contributed by atoms with Crippen LogP contribution in [0.1, 0.15) is 31.2 Å². The number of hydrogen-bond donors (Lipinski definition) is 2. The third-order valence-corrected chi connectivity index (χ3v) is 10.3. The number of piperidine rings is 1. The van der Waals surface area contributed by atoms with Crippen molar-refractivity contribution < 1.29 is 9.59 Å². The molecule has 1 saturated heterocycles. The second-order valence-electron chi connectivity index (χ2n) is 11.5. The van der Waals surface area contributed by atoms with Crippen molar-refractivity contribution in [1.29, 1.82) is 0 Å². The van der Waals surface area contributed by atoms with E-state index in [4.69, 9.17) is 0 Å². The predicted octanol–water partition coefficient (Wildman–Crippen LogP) is 3.75. The third kappa shape index (κ3) is 2.49. The van der Waals surface area contributed by atoms with E-state index in [1.54, 1.807) is 0 Å². The Morgan fingerprint density at radius 2 is 1.71 bits per heavy atom. The number of aryl methyl sites for hydroxylation is 1. The number of carbonyl (C=O) groups is 2. The average molecular weight is 420 g/mol. The van der Waals surface area contributed by atoms with E-state index in [0.29, 0.717) is 24.3 Å². The van der Waals surface area contributed by atoms with E-state index in [2.05, 4.69) is 15.5 Å². The van der Waals surface area contributed by atoms with Gasteiger partial charge < -0.3 is 15.5 Å². The molecule has 10 atom stereocenters. The Morgan fingerprint density at radius 1 is 0.968 bits per heavy atom. The zero-order valence-corrected chi connectivity index (χ0v) is 18.3. The number of fused-ring (bicyclic) bond motifs is 2. The van der Waals surface area contributed by atoms with Gasteiger partial charge >= 0.3 is 6.03 Å². The average Bonchev–Trinajstić information content (AvgIpc) is 3.33. The molecule has 1 aromatic carbocycles. The Balaban J connectivity index is 0.966. The van der Waals surface area contributed by atoms with Gasteiger partial charge in [-0.3, -0.25) is 4.79 Å². The lowest BCUT2D eigenvalue weighted by Crippen LogP contribution is -2.52. The van der Waals surface area contributed by atoms with Gasteiger partial charge in [0.1, 0.15) is 0 Å². The third-order valence-electron chi connectivity index (χ3n) is 10.3. The minimum atomic E-state index is -0.155. The highest BCUT2D eigenvalue weighted by atomic mass is 16.2. The number of likely N-dealkylation sites (tertiary alicyclic amines) is 1. The molecule has 5 nitrogen and oxygen atoms in total. The molecule has 164 valence electrons. The van der Waals surface area contributed by atoms with Crippen LogP contribution in [0.4, 0.5) is 10.5 Å². The van der Waals surface area contributed by atoms with Gasteiger partial charge in [-0.2, -0.15) is 0 Å². The molecule has 0 aromatic heterocycles. The lowest BCUT2D eigenvalue weighted by atomic mass is 9.57. The van der Waals surface area contributed by atoms with Crippen molar-refractivity contribution in [2.45, 2.75) is 32.6 Å². The van der Waals surface area contributed by atoms with Gasteiger partial charge in [0.25, 0.3) is 0 Å². The Labute approximate surface area is 184 Å². The maximum Gasteiger partial charge on any atom is 0.319 e. The van der Waals surface area contributed by atoms with Crippen molar-refractivity contribution >= 4 is 17.6 Å². The first-order valence-electron chi connectivity index (χ1n) is 12.5. The molecule has 7 rings (SSSR count). The van der Waals surface area contributed by atoms with Crippen LogP contribution >= 0.6 is 0 Å². The summed E-state index contributed by atoms with van der Waals surface area (Å²) in [7, 11) is 0. The molecule has 31 heavy (non-hydrogen) atoms. The molecule has 5 saturated carbocycles. The van der Waals surface area contributed by atoms with Crippen LogP contribution in [-0.2, 0) is 4.79 Å². The predicted molar refractivity (Wildman–Crippen MR) is 118 cm³/mol. The Hall–Kier alpha value is -2.04. The largest absolute Gasteiger partial charge is 0.342 e. The first kappa shape index (κ1) is 18.5. The molecule has 5 aliphatic carbocycles. The quantitative estimate of drug-likeness (QED) is 0.781. The first-order chi connectivity index (χ1) is 15.1. The number of nitrogens with one attached hydrogen (secondary N) is 2. The summed E-state index contributed by atoms with van der Waals surface area (Å²) in [5.41, 5.74) is 1.99. The van der Waals surface area contributed by atoms with Crippen LogP contribution in [0.2, 0.25) is 0 Å². The van der Waals surface area contributed by atoms with Crippen molar-refractivity contribution in [3.05, 3.63) is 29.8 Å². The normalized spacial score (nSPS) is 45.1. The van der Waals surface area contributed by atoms with Gasteiger partial charge in [-0.25, -0.2) is 4.79 Å². The Kier molecular flexibility index (Phi) is 3.88. The van der Waals surface area contributed by atoms with Gasteiger partial charge in [0.15, 0.2) is 0 Å². The molecule has 0 spiro atoms. The van der Waals surface area contributed by atoms with Crippen molar-refractivity contribution in [2.24, 2.45) is 59.2 Å². The lowest BCUT2D eigenvalue weighted by Gasteiger charge is -2.48. The molecule has 2 bridgehead atoms. The fraction of sp³-hybridized carbons (Fsp3) is 0.692. The van der Waals surface area contributed by atoms with Crippen LogP contribution in [0.15, 0.2) is 24.3 Å². The van der Waals surface area contributed by atoms with Crippen LogP contribution in [0.5, 0.6) is 0 Å². The first-order valence-corrected chi connectivity index (χ1v) is 12.5. The Morgan fingerprint density at radius 3 is 2.52 bits per heavy atom. The maximum absolute atomic E-state index is 13.7. The summed E-state index contributed by atoms with van der Waals surface area (Å²) >= 11 is 0. The van der Waals surface area contributed by atoms with Crippen LogP contribution < -0.4 is 10.6 Å². The molecule has 1 heterocycles. The van der Waals surface area contributed by atoms with Gasteiger partial charge in [-0.05, 0) is 98.0 Å². The van der Waals surface area contributed by atoms with E-state index in [1.807, 2.05) is 31.2 Å². The second-order valence-corrected chi connectivity index (χ2v) is 11.5. The van der Waals surface area contributed by atoms with Crippen LogP contribution in [0, 0.1) is 66.1 Å². The summed E-state index contributed by atoms with van der Waals surface area (Å²) in [6, 6.07) is 7.69. The van der Waals surface area contributed by atoms with E-state index in [0.717, 1.165) is 79.0 Å². The molecular formula is C26H33N3O2. The van der Waals surface area contributed by atoms with Crippen molar-refractivity contribution in [1.82, 2.24) is 10.2 Å². The molecule has 10 unspecified atom stereocenters. The van der Waals surface area contributed by atoms with Gasteiger partial charge in [-0.1, -0.05) is 17.7 Å². The number of anilines is 1. The molecule has 3 amide bonds. The number of hydrogen-bond acceptors (Lipinski definition) is 2. The molecule has 6 fully saturated rings. The fourth-order valence-electron chi connectivity index (χ4n) is 9.49. The summed E-state index contributed by atoms with van der Waals surface area (Å²) in [5, 5.41) is 5.95. The monoisotopic (exact) mass is 419 g/mol. The van der Waals surface area contributed by atoms with Gasteiger partial charge in [0, 0.05) is 31.2 Å². The van der Waals surface area contributed by atoms with E-state index in [-0.39, 0.29) is 6.03 Å². The van der Waals surface area contributed by atoms with Crippen LogP contribution in [0.25, 0.3) is 0 Å². The topological polar surface area (TPSA) is 61.4 Å². The molecule has 2 N–H and O–H groups in total. The van der Waals surface area contributed by atoms with Crippen molar-refractivity contribution in [2.75, 3.05) is 25.0 Å². The number of amides is 3. The molecular weight excluding hydrogens is 386 g/mol. The minimum absolute atomic E-state index is 0.155. The summed E-state index contributed by atoms with van der Waals surface area (Å²) in [6.07, 6.45) is 5.05. The molecule has 1 aromatic rings. The Bertz CT molecular complexity index is 923. The van der Waals surface area contributed by atoms with Gasteiger partial charge in [0.2, 0.25) is 5.91 Å². The number of nitrogens with zero attached hydrogens (tertiary/aromatic N) is 1. The summed E-state index contributed by atoms with van der Waals surface area (Å²) in [5.74, 6) is 8.23. The SMILES string of the molecule is Cc1ccc(NC(=O)NCC2CCCN(C(=O)C3C4C5CC6C7C5CC4C7C63)C2)cc1. The highest BCUT2D eigenvalue weighted by molar-refractivity contribution is 5.89. The number of benzene rings is 1. The molecule has 5 heteroatoms. The van der Waals surface area contributed by atoms with Crippen LogP contribution in [0.3, 0.4) is 0 Å². The molecule has 6 aliphatic rings. The zero-order chi connectivity index (χ0) is 20.9. The molecule has 1 aliphatic heterocycles. The summed E-state index contributed by atoms with van der Waals surface area (Å²) < 4.78 is 0. The zero-order valence-electron chi connectivity index (χ0n) is 18.3. The molecule has 0 radical (unpaired) electrons. The summed E-state index contributed by atoms with van der Waals surface area (Å²) in [4.78, 5) is 28.2.